The van der Waals surface area contributed by atoms with Gasteiger partial charge in [0, 0.05) is 44.5 Å². The number of benzene rings is 2. The molecule has 210 valence electrons. The molecule has 1 saturated heterocycles. The number of carboxylic acid groups (broad SMARTS) is 1. The normalized spacial score (nSPS) is 14.2. The maximum absolute atomic E-state index is 9.87. The third kappa shape index (κ3) is 6.36. The molecule has 0 aliphatic carbocycles. The summed E-state index contributed by atoms with van der Waals surface area (Å²) in [7, 11) is 0. The Labute approximate surface area is 237 Å². The van der Waals surface area contributed by atoms with Crippen LogP contribution in [-0.4, -0.2) is 64.0 Å². The maximum Gasteiger partial charge on any atom is 0.303 e. The van der Waals surface area contributed by atoms with Crippen LogP contribution in [0.5, 0.6) is 11.5 Å². The van der Waals surface area contributed by atoms with Crippen LogP contribution < -0.4 is 19.7 Å². The number of ether oxygens (including phenoxy) is 2. The van der Waals surface area contributed by atoms with Gasteiger partial charge in [0.15, 0.2) is 28.0 Å². The van der Waals surface area contributed by atoms with Crippen LogP contribution in [-0.2, 0) is 11.3 Å². The minimum absolute atomic E-state index is 0.279. The summed E-state index contributed by atoms with van der Waals surface area (Å²) >= 11 is 5.64. The van der Waals surface area contributed by atoms with Crippen molar-refractivity contribution in [2.24, 2.45) is 0 Å². The highest BCUT2D eigenvalue weighted by Crippen LogP contribution is 2.33. The van der Waals surface area contributed by atoms with E-state index in [4.69, 9.17) is 31.2 Å². The predicted molar refractivity (Wildman–Crippen MR) is 157 cm³/mol. The molecule has 1 fully saturated rings. The minimum atomic E-state index is -0.682. The number of anilines is 1. The van der Waals surface area contributed by atoms with Crippen LogP contribution in [0.1, 0.15) is 38.2 Å². The number of hydrogen-bond donors (Lipinski definition) is 2. The van der Waals surface area contributed by atoms with E-state index in [1.165, 1.54) is 0 Å². The highest BCUT2D eigenvalue weighted by atomic mass is 32.1. The molecule has 4 aromatic rings. The topological polar surface area (TPSA) is 113 Å². The first-order chi connectivity index (χ1) is 19.5. The summed E-state index contributed by atoms with van der Waals surface area (Å²) < 4.78 is 16.9. The number of rotatable bonds is 7. The van der Waals surface area contributed by atoms with E-state index >= 15 is 0 Å². The largest absolute Gasteiger partial charge is 0.481 e. The van der Waals surface area contributed by atoms with E-state index in [1.807, 2.05) is 42.5 Å². The molecule has 0 amide bonds. The molecule has 2 aromatic heterocycles. The number of aromatic nitrogens is 2. The molecule has 0 atom stereocenters. The molecule has 40 heavy (non-hydrogen) atoms. The Kier molecular flexibility index (Phi) is 8.80. The van der Waals surface area contributed by atoms with Crippen molar-refractivity contribution < 1.29 is 23.8 Å². The summed E-state index contributed by atoms with van der Waals surface area (Å²) in [6.07, 6.45) is 4.89. The summed E-state index contributed by atoms with van der Waals surface area (Å²) in [5.41, 5.74) is 3.53. The van der Waals surface area contributed by atoms with Crippen molar-refractivity contribution in [3.05, 3.63) is 54.4 Å². The number of nitrogens with one attached hydrogen (secondary N) is 1. The van der Waals surface area contributed by atoms with Gasteiger partial charge in [0.05, 0.1) is 0 Å². The molecule has 6 rings (SSSR count). The van der Waals surface area contributed by atoms with Crippen LogP contribution >= 0.6 is 12.2 Å². The van der Waals surface area contributed by atoms with Gasteiger partial charge < -0.3 is 34.1 Å². The maximum atomic E-state index is 9.87. The number of piperazine rings is 1. The van der Waals surface area contributed by atoms with Gasteiger partial charge >= 0.3 is 5.97 Å². The number of nitrogens with zero attached hydrogens (tertiary/aromatic N) is 4. The zero-order chi connectivity index (χ0) is 27.9. The van der Waals surface area contributed by atoms with Gasteiger partial charge in [-0.25, -0.2) is 9.97 Å². The van der Waals surface area contributed by atoms with Gasteiger partial charge in [-0.1, -0.05) is 38.0 Å². The van der Waals surface area contributed by atoms with Crippen LogP contribution in [0.15, 0.2) is 53.2 Å². The summed E-state index contributed by atoms with van der Waals surface area (Å²) in [6.45, 7) is 6.19. The zero-order valence-corrected chi connectivity index (χ0v) is 23.3. The van der Waals surface area contributed by atoms with E-state index < -0.39 is 5.97 Å². The molecule has 0 spiro atoms. The molecule has 10 nitrogen and oxygen atoms in total. The van der Waals surface area contributed by atoms with E-state index in [0.717, 1.165) is 95.5 Å². The SMILES string of the molecule is CCCCCC(=O)O.S=C(NCc1ccc2c(c1)OCO2)N1CCN(c2ncnc3c2oc2ccccc23)CC1. The molecule has 2 N–H and O–H groups in total. The monoisotopic (exact) mass is 563 g/mol. The van der Waals surface area contributed by atoms with Crippen LogP contribution in [0.25, 0.3) is 22.1 Å². The molecule has 0 unspecified atom stereocenters. The van der Waals surface area contributed by atoms with Gasteiger partial charge in [-0.05, 0) is 48.5 Å². The Morgan fingerprint density at radius 3 is 2.65 bits per heavy atom. The third-order valence-electron chi connectivity index (χ3n) is 6.88. The van der Waals surface area contributed by atoms with Crippen LogP contribution in [0, 0.1) is 0 Å². The van der Waals surface area contributed by atoms with Gasteiger partial charge in [-0.2, -0.15) is 0 Å². The second kappa shape index (κ2) is 12.8. The number of thiocarbonyl (C=S) groups is 1. The molecular formula is C29H33N5O5S. The number of unbranched alkanes of at least 4 members (excludes halogenated alkanes) is 2. The average Bonchev–Trinajstić information content (AvgIpc) is 3.60. The smallest absolute Gasteiger partial charge is 0.303 e. The number of carboxylic acids is 1. The summed E-state index contributed by atoms with van der Waals surface area (Å²) in [5.74, 6) is 1.73. The fraction of sp³-hybridized carbons (Fsp3) is 0.379. The zero-order valence-electron chi connectivity index (χ0n) is 22.5. The fourth-order valence-electron chi connectivity index (χ4n) is 4.72. The van der Waals surface area contributed by atoms with Crippen molar-refractivity contribution in [2.75, 3.05) is 37.9 Å². The standard InChI is InChI=1S/C23H21N5O3S.C6H12O2/c32-23(24-12-15-5-6-18-19(11-15)30-14-29-18)28-9-7-27(8-10-28)22-21-20(25-13-26-22)16-3-1-2-4-17(16)31-21;1-2-3-4-5-6(7)8/h1-6,11,13H,7-10,12,14H2,(H,24,32);2-5H2,1H3,(H,7,8). The Hall–Kier alpha value is -4.12. The lowest BCUT2D eigenvalue weighted by atomic mass is 10.2. The number of hydrogen-bond acceptors (Lipinski definition) is 8. The van der Waals surface area contributed by atoms with E-state index in [2.05, 4.69) is 32.0 Å². The Balaban J connectivity index is 0.000000355. The van der Waals surface area contributed by atoms with E-state index in [0.29, 0.717) is 13.0 Å². The van der Waals surface area contributed by atoms with Crippen LogP contribution in [0.2, 0.25) is 0 Å². The molecule has 2 aliphatic heterocycles. The van der Waals surface area contributed by atoms with Crippen molar-refractivity contribution in [1.29, 1.82) is 0 Å². The highest BCUT2D eigenvalue weighted by Gasteiger charge is 2.24. The van der Waals surface area contributed by atoms with Crippen molar-refractivity contribution in [2.45, 2.75) is 39.2 Å². The average molecular weight is 564 g/mol. The second-order valence-corrected chi connectivity index (χ2v) is 10.0. The molecular weight excluding hydrogens is 530 g/mol. The molecule has 2 aliphatic rings. The van der Waals surface area contributed by atoms with Gasteiger partial charge in [0.2, 0.25) is 6.79 Å². The molecule has 11 heteroatoms. The molecule has 0 radical (unpaired) electrons. The fourth-order valence-corrected chi connectivity index (χ4v) is 4.98. The Morgan fingerprint density at radius 1 is 1.05 bits per heavy atom. The second-order valence-electron chi connectivity index (χ2n) is 9.64. The molecule has 0 bridgehead atoms. The van der Waals surface area contributed by atoms with Crippen molar-refractivity contribution in [3.63, 3.8) is 0 Å². The molecule has 2 aromatic carbocycles. The van der Waals surface area contributed by atoms with Gasteiger partial charge in [-0.15, -0.1) is 0 Å². The first kappa shape index (κ1) is 27.4. The number of furan rings is 1. The third-order valence-corrected chi connectivity index (χ3v) is 7.28. The number of fused-ring (bicyclic) bond motifs is 4. The van der Waals surface area contributed by atoms with Gasteiger partial charge in [-0.3, -0.25) is 4.79 Å². The summed E-state index contributed by atoms with van der Waals surface area (Å²) in [4.78, 5) is 23.3. The first-order valence-corrected chi connectivity index (χ1v) is 13.9. The van der Waals surface area contributed by atoms with Gasteiger partial charge in [0.1, 0.15) is 17.4 Å². The van der Waals surface area contributed by atoms with Crippen molar-refractivity contribution in [1.82, 2.24) is 20.2 Å². The van der Waals surface area contributed by atoms with Crippen LogP contribution in [0.4, 0.5) is 5.82 Å². The first-order valence-electron chi connectivity index (χ1n) is 13.5. The van der Waals surface area contributed by atoms with Crippen molar-refractivity contribution >= 4 is 51.2 Å². The van der Waals surface area contributed by atoms with E-state index in [9.17, 15) is 4.79 Å². The number of aliphatic carboxylic acids is 1. The van der Waals surface area contributed by atoms with Gasteiger partial charge in [0.25, 0.3) is 0 Å². The summed E-state index contributed by atoms with van der Waals surface area (Å²) in [5, 5.41) is 13.3. The quantitative estimate of drug-likeness (QED) is 0.235. The lowest BCUT2D eigenvalue weighted by molar-refractivity contribution is -0.137. The van der Waals surface area contributed by atoms with Crippen molar-refractivity contribution in [3.8, 4) is 11.5 Å². The lowest BCUT2D eigenvalue weighted by Gasteiger charge is -2.36. The number of carbonyl (C=O) groups is 1. The lowest BCUT2D eigenvalue weighted by Crippen LogP contribution is -2.51. The Bertz CT molecular complexity index is 1480. The molecule has 0 saturated carbocycles. The minimum Gasteiger partial charge on any atom is -0.481 e. The molecule has 4 heterocycles. The van der Waals surface area contributed by atoms with E-state index in [-0.39, 0.29) is 6.79 Å². The number of para-hydroxylation sites is 1. The highest BCUT2D eigenvalue weighted by molar-refractivity contribution is 7.80. The van der Waals surface area contributed by atoms with E-state index in [1.54, 1.807) is 6.33 Å². The Morgan fingerprint density at radius 2 is 1.85 bits per heavy atom. The predicted octanol–water partition coefficient (Wildman–Crippen LogP) is 4.95. The summed E-state index contributed by atoms with van der Waals surface area (Å²) in [6, 6.07) is 13.9. The van der Waals surface area contributed by atoms with Crippen LogP contribution in [0.3, 0.4) is 0 Å².